The van der Waals surface area contributed by atoms with Gasteiger partial charge >= 0.3 is 0 Å². The molecule has 0 spiro atoms. The Labute approximate surface area is 101 Å². The zero-order valence-electron chi connectivity index (χ0n) is 10.2. The van der Waals surface area contributed by atoms with E-state index in [1.165, 1.54) is 0 Å². The van der Waals surface area contributed by atoms with Crippen molar-refractivity contribution in [3.63, 3.8) is 0 Å². The predicted molar refractivity (Wildman–Crippen MR) is 64.4 cm³/mol. The number of aliphatic hydroxyl groups is 1. The summed E-state index contributed by atoms with van der Waals surface area (Å²) in [7, 11) is 3.16. The molecule has 0 aliphatic carbocycles. The van der Waals surface area contributed by atoms with Gasteiger partial charge in [-0.15, -0.1) is 0 Å². The summed E-state index contributed by atoms with van der Waals surface area (Å²) < 4.78 is 15.8. The highest BCUT2D eigenvalue weighted by Crippen LogP contribution is 2.30. The van der Waals surface area contributed by atoms with Crippen LogP contribution >= 0.6 is 0 Å². The minimum atomic E-state index is -0.248. The van der Waals surface area contributed by atoms with Crippen molar-refractivity contribution in [1.29, 1.82) is 0 Å². The van der Waals surface area contributed by atoms with E-state index in [0.29, 0.717) is 18.0 Å². The van der Waals surface area contributed by atoms with E-state index in [-0.39, 0.29) is 19.3 Å². The second-order valence-electron chi connectivity index (χ2n) is 3.43. The fourth-order valence-corrected chi connectivity index (χ4v) is 1.55. The quantitative estimate of drug-likeness (QED) is 0.735. The van der Waals surface area contributed by atoms with Gasteiger partial charge in [0.05, 0.1) is 33.5 Å². The minimum absolute atomic E-state index is 0.0240. The summed E-state index contributed by atoms with van der Waals surface area (Å²) >= 11 is 0. The highest BCUT2D eigenvalue weighted by Gasteiger charge is 2.13. The number of benzene rings is 1. The van der Waals surface area contributed by atoms with Gasteiger partial charge < -0.3 is 25.1 Å². The molecule has 96 valence electrons. The largest absolute Gasteiger partial charge is 0.493 e. The van der Waals surface area contributed by atoms with Gasteiger partial charge in [-0.25, -0.2) is 0 Å². The number of hydrogen-bond donors (Lipinski definition) is 2. The number of methoxy groups -OCH3 is 2. The van der Waals surface area contributed by atoms with Gasteiger partial charge in [-0.05, 0) is 17.7 Å². The van der Waals surface area contributed by atoms with E-state index in [2.05, 4.69) is 0 Å². The van der Waals surface area contributed by atoms with Gasteiger partial charge in [0, 0.05) is 6.54 Å². The number of nitrogens with two attached hydrogens (primary N) is 1. The third-order valence-electron chi connectivity index (χ3n) is 2.40. The molecule has 1 unspecified atom stereocenters. The first-order valence-corrected chi connectivity index (χ1v) is 5.41. The molecular weight excluding hydrogens is 222 g/mol. The van der Waals surface area contributed by atoms with Crippen LogP contribution in [0, 0.1) is 0 Å². The van der Waals surface area contributed by atoms with Crippen LogP contribution in [-0.4, -0.2) is 39.1 Å². The topological polar surface area (TPSA) is 73.9 Å². The highest BCUT2D eigenvalue weighted by molar-refractivity contribution is 5.43. The molecule has 0 bridgehead atoms. The molecule has 1 rings (SSSR count). The molecule has 0 aliphatic rings. The maximum absolute atomic E-state index is 8.73. The zero-order chi connectivity index (χ0) is 12.7. The summed E-state index contributed by atoms with van der Waals surface area (Å²) in [4.78, 5) is 0. The lowest BCUT2D eigenvalue weighted by molar-refractivity contribution is 0.0327. The van der Waals surface area contributed by atoms with Gasteiger partial charge in [-0.3, -0.25) is 0 Å². The maximum atomic E-state index is 8.73. The standard InChI is InChI=1S/C12H19NO4/c1-15-10-4-3-9(7-11(10)16-2)12(8-13)17-6-5-14/h3-4,7,12,14H,5-6,8,13H2,1-2H3. The average molecular weight is 241 g/mol. The summed E-state index contributed by atoms with van der Waals surface area (Å²) in [6, 6.07) is 5.50. The van der Waals surface area contributed by atoms with E-state index in [1.807, 2.05) is 12.1 Å². The Kier molecular flexibility index (Phi) is 5.76. The molecule has 0 heterocycles. The second-order valence-corrected chi connectivity index (χ2v) is 3.43. The molecule has 0 saturated carbocycles. The van der Waals surface area contributed by atoms with Crippen LogP contribution in [0.25, 0.3) is 0 Å². The summed E-state index contributed by atoms with van der Waals surface area (Å²) in [5, 5.41) is 8.73. The molecule has 0 fully saturated rings. The fraction of sp³-hybridized carbons (Fsp3) is 0.500. The van der Waals surface area contributed by atoms with Crippen molar-refractivity contribution in [3.8, 4) is 11.5 Å². The van der Waals surface area contributed by atoms with E-state index in [1.54, 1.807) is 20.3 Å². The maximum Gasteiger partial charge on any atom is 0.161 e. The number of ether oxygens (including phenoxy) is 3. The monoisotopic (exact) mass is 241 g/mol. The summed E-state index contributed by atoms with van der Waals surface area (Å²) in [6.45, 7) is 0.579. The van der Waals surface area contributed by atoms with Crippen LogP contribution in [0.2, 0.25) is 0 Å². The van der Waals surface area contributed by atoms with Crippen molar-refractivity contribution in [3.05, 3.63) is 23.8 Å². The Morgan fingerprint density at radius 2 is 1.94 bits per heavy atom. The van der Waals surface area contributed by atoms with Crippen LogP contribution < -0.4 is 15.2 Å². The van der Waals surface area contributed by atoms with Crippen LogP contribution in [0.3, 0.4) is 0 Å². The third kappa shape index (κ3) is 3.59. The highest BCUT2D eigenvalue weighted by atomic mass is 16.5. The first-order chi connectivity index (χ1) is 8.26. The molecule has 0 aromatic heterocycles. The van der Waals surface area contributed by atoms with Gasteiger partial charge in [-0.2, -0.15) is 0 Å². The fourth-order valence-electron chi connectivity index (χ4n) is 1.55. The lowest BCUT2D eigenvalue weighted by Gasteiger charge is -2.17. The SMILES string of the molecule is COc1ccc(C(CN)OCCO)cc1OC. The van der Waals surface area contributed by atoms with Crippen molar-refractivity contribution in [2.75, 3.05) is 34.0 Å². The lowest BCUT2D eigenvalue weighted by Crippen LogP contribution is -2.17. The molecule has 1 atom stereocenters. The summed E-state index contributed by atoms with van der Waals surface area (Å²) in [5.41, 5.74) is 6.53. The first-order valence-electron chi connectivity index (χ1n) is 5.41. The predicted octanol–water partition coefficient (Wildman–Crippen LogP) is 0.712. The Morgan fingerprint density at radius 1 is 1.24 bits per heavy atom. The summed E-state index contributed by atoms with van der Waals surface area (Å²) in [6.07, 6.45) is -0.248. The molecule has 17 heavy (non-hydrogen) atoms. The van der Waals surface area contributed by atoms with Crippen LogP contribution in [0.5, 0.6) is 11.5 Å². The van der Waals surface area contributed by atoms with Crippen molar-refractivity contribution >= 4 is 0 Å². The first kappa shape index (κ1) is 13.8. The van der Waals surface area contributed by atoms with Gasteiger partial charge in [0.25, 0.3) is 0 Å². The molecule has 1 aromatic rings. The number of rotatable bonds is 7. The van der Waals surface area contributed by atoms with Crippen molar-refractivity contribution < 1.29 is 19.3 Å². The van der Waals surface area contributed by atoms with Crippen LogP contribution in [0.1, 0.15) is 11.7 Å². The minimum Gasteiger partial charge on any atom is -0.493 e. The Morgan fingerprint density at radius 3 is 2.47 bits per heavy atom. The van der Waals surface area contributed by atoms with E-state index in [0.717, 1.165) is 5.56 Å². The second kappa shape index (κ2) is 7.11. The molecular formula is C12H19NO4. The molecule has 5 nitrogen and oxygen atoms in total. The molecule has 0 saturated heterocycles. The van der Waals surface area contributed by atoms with Crippen molar-refractivity contribution in [1.82, 2.24) is 0 Å². The number of aliphatic hydroxyl groups excluding tert-OH is 1. The third-order valence-corrected chi connectivity index (χ3v) is 2.40. The molecule has 0 radical (unpaired) electrons. The summed E-state index contributed by atoms with van der Waals surface area (Å²) in [5.74, 6) is 1.30. The van der Waals surface area contributed by atoms with E-state index in [4.69, 9.17) is 25.1 Å². The zero-order valence-corrected chi connectivity index (χ0v) is 10.2. The van der Waals surface area contributed by atoms with Crippen LogP contribution in [0.4, 0.5) is 0 Å². The lowest BCUT2D eigenvalue weighted by atomic mass is 10.1. The Bertz CT molecular complexity index is 343. The van der Waals surface area contributed by atoms with Crippen LogP contribution in [0.15, 0.2) is 18.2 Å². The van der Waals surface area contributed by atoms with E-state index < -0.39 is 0 Å². The van der Waals surface area contributed by atoms with Gasteiger partial charge in [0.1, 0.15) is 0 Å². The average Bonchev–Trinajstić information content (AvgIpc) is 2.39. The van der Waals surface area contributed by atoms with Crippen molar-refractivity contribution in [2.24, 2.45) is 5.73 Å². The van der Waals surface area contributed by atoms with E-state index in [9.17, 15) is 0 Å². The normalized spacial score (nSPS) is 12.2. The van der Waals surface area contributed by atoms with Gasteiger partial charge in [0.15, 0.2) is 11.5 Å². The molecule has 1 aromatic carbocycles. The number of hydrogen-bond acceptors (Lipinski definition) is 5. The molecule has 0 amide bonds. The Balaban J connectivity index is 2.88. The molecule has 0 aliphatic heterocycles. The van der Waals surface area contributed by atoms with Gasteiger partial charge in [-0.1, -0.05) is 6.07 Å². The Hall–Kier alpha value is -1.30. The van der Waals surface area contributed by atoms with E-state index >= 15 is 0 Å². The smallest absolute Gasteiger partial charge is 0.161 e. The van der Waals surface area contributed by atoms with Gasteiger partial charge in [0.2, 0.25) is 0 Å². The van der Waals surface area contributed by atoms with Crippen molar-refractivity contribution in [2.45, 2.75) is 6.10 Å². The van der Waals surface area contributed by atoms with Crippen LogP contribution in [-0.2, 0) is 4.74 Å². The molecule has 3 N–H and O–H groups in total. The molecule has 5 heteroatoms.